The zero-order valence-corrected chi connectivity index (χ0v) is 17.9. The van der Waals surface area contributed by atoms with Gasteiger partial charge in [-0.15, -0.1) is 0 Å². The number of rotatable bonds is 6. The molecular formula is C23H36N4O3. The number of amides is 1. The number of aromatic nitrogens is 1. The highest BCUT2D eigenvalue weighted by atomic mass is 16.5. The highest BCUT2D eigenvalue weighted by Crippen LogP contribution is 2.24. The number of hydrogen-bond donors (Lipinski definition) is 2. The third kappa shape index (κ3) is 5.71. The first kappa shape index (κ1) is 21.5. The Morgan fingerprint density at radius 1 is 1.10 bits per heavy atom. The number of aliphatic hydroxyl groups is 1. The largest absolute Gasteiger partial charge is 0.390 e. The van der Waals surface area contributed by atoms with Crippen LogP contribution in [0.1, 0.15) is 51.4 Å². The zero-order chi connectivity index (χ0) is 20.8. The molecule has 166 valence electrons. The molecule has 3 aliphatic rings. The Morgan fingerprint density at radius 3 is 2.63 bits per heavy atom. The molecule has 2 N–H and O–H groups in total. The second-order valence-electron chi connectivity index (χ2n) is 8.97. The molecule has 7 nitrogen and oxygen atoms in total. The van der Waals surface area contributed by atoms with Crippen molar-refractivity contribution < 1.29 is 14.6 Å². The molecule has 0 bridgehead atoms. The molecule has 30 heavy (non-hydrogen) atoms. The number of pyridine rings is 1. The van der Waals surface area contributed by atoms with E-state index in [2.05, 4.69) is 26.2 Å². The summed E-state index contributed by atoms with van der Waals surface area (Å²) in [5, 5.41) is 13.5. The van der Waals surface area contributed by atoms with Gasteiger partial charge in [-0.2, -0.15) is 0 Å². The van der Waals surface area contributed by atoms with Crippen LogP contribution in [0.3, 0.4) is 0 Å². The van der Waals surface area contributed by atoms with Crippen molar-refractivity contribution in [2.75, 3.05) is 37.6 Å². The minimum atomic E-state index is -0.716. The summed E-state index contributed by atoms with van der Waals surface area (Å²) in [7, 11) is 0. The first-order valence-corrected chi connectivity index (χ1v) is 11.7. The summed E-state index contributed by atoms with van der Waals surface area (Å²) in [6, 6.07) is 6.29. The van der Waals surface area contributed by atoms with Crippen molar-refractivity contribution in [3.8, 4) is 0 Å². The van der Waals surface area contributed by atoms with E-state index in [0.717, 1.165) is 64.2 Å². The second-order valence-corrected chi connectivity index (χ2v) is 8.97. The predicted molar refractivity (Wildman–Crippen MR) is 116 cm³/mol. The lowest BCUT2D eigenvalue weighted by molar-refractivity contribution is -0.159. The molecular weight excluding hydrogens is 380 g/mol. The predicted octanol–water partition coefficient (Wildman–Crippen LogP) is 1.95. The number of nitrogens with one attached hydrogen (secondary N) is 1. The Kier molecular flexibility index (Phi) is 7.57. The zero-order valence-electron chi connectivity index (χ0n) is 17.9. The summed E-state index contributed by atoms with van der Waals surface area (Å²) < 4.78 is 6.07. The van der Waals surface area contributed by atoms with Crippen LogP contribution in [0.15, 0.2) is 24.4 Å². The maximum atomic E-state index is 12.7. The van der Waals surface area contributed by atoms with Gasteiger partial charge < -0.3 is 20.1 Å². The number of anilines is 1. The number of hydrogen-bond acceptors (Lipinski definition) is 6. The molecule has 0 aromatic carbocycles. The number of piperazine rings is 1. The number of carbonyl (C=O) groups excluding carboxylic acids is 1. The fourth-order valence-electron chi connectivity index (χ4n) is 4.92. The normalized spacial score (nSPS) is 29.0. The quantitative estimate of drug-likeness (QED) is 0.738. The lowest BCUT2D eigenvalue weighted by Gasteiger charge is -2.38. The van der Waals surface area contributed by atoms with Crippen molar-refractivity contribution in [2.45, 2.75) is 75.7 Å². The fraction of sp³-hybridized carbons (Fsp3) is 0.739. The smallest absolute Gasteiger partial charge is 0.252 e. The lowest BCUT2D eigenvalue weighted by Crippen LogP contribution is -2.52. The summed E-state index contributed by atoms with van der Waals surface area (Å²) in [5.41, 5.74) is 0. The van der Waals surface area contributed by atoms with Gasteiger partial charge in [0.1, 0.15) is 5.82 Å². The Balaban J connectivity index is 1.20. The van der Waals surface area contributed by atoms with E-state index in [1.165, 1.54) is 19.3 Å². The highest BCUT2D eigenvalue weighted by molar-refractivity contribution is 5.81. The van der Waals surface area contributed by atoms with E-state index in [1.54, 1.807) is 0 Å². The van der Waals surface area contributed by atoms with Crippen LogP contribution in [0.2, 0.25) is 0 Å². The summed E-state index contributed by atoms with van der Waals surface area (Å²) in [6.07, 6.45) is 8.55. The van der Waals surface area contributed by atoms with E-state index >= 15 is 0 Å². The molecule has 1 amide bonds. The van der Waals surface area contributed by atoms with Crippen molar-refractivity contribution in [2.24, 2.45) is 0 Å². The Hall–Kier alpha value is -1.70. The second kappa shape index (κ2) is 10.6. The topological polar surface area (TPSA) is 77.9 Å². The minimum absolute atomic E-state index is 0.0457. The summed E-state index contributed by atoms with van der Waals surface area (Å²) in [6.45, 7) is 4.95. The van der Waals surface area contributed by atoms with E-state index in [-0.39, 0.29) is 18.1 Å². The molecule has 1 aliphatic carbocycles. The van der Waals surface area contributed by atoms with Gasteiger partial charge in [-0.1, -0.05) is 25.3 Å². The van der Waals surface area contributed by atoms with Gasteiger partial charge in [0.2, 0.25) is 0 Å². The monoisotopic (exact) mass is 416 g/mol. The molecule has 3 atom stereocenters. The molecule has 1 saturated carbocycles. The summed E-state index contributed by atoms with van der Waals surface area (Å²) in [4.78, 5) is 21.9. The van der Waals surface area contributed by atoms with Crippen molar-refractivity contribution in [3.63, 3.8) is 0 Å². The van der Waals surface area contributed by atoms with Gasteiger partial charge in [0.05, 0.1) is 12.2 Å². The fourth-order valence-corrected chi connectivity index (χ4v) is 4.92. The average molecular weight is 417 g/mol. The van der Waals surface area contributed by atoms with Gasteiger partial charge in [-0.05, 0) is 44.2 Å². The summed E-state index contributed by atoms with van der Waals surface area (Å²) >= 11 is 0. The molecule has 0 unspecified atom stereocenters. The maximum Gasteiger partial charge on any atom is 0.252 e. The van der Waals surface area contributed by atoms with Crippen molar-refractivity contribution >= 4 is 11.7 Å². The van der Waals surface area contributed by atoms with Crippen LogP contribution < -0.4 is 10.2 Å². The van der Waals surface area contributed by atoms with E-state index < -0.39 is 12.2 Å². The molecule has 4 rings (SSSR count). The van der Waals surface area contributed by atoms with Crippen LogP contribution in [0.5, 0.6) is 0 Å². The van der Waals surface area contributed by atoms with Crippen molar-refractivity contribution in [1.29, 1.82) is 0 Å². The third-order valence-corrected chi connectivity index (χ3v) is 6.80. The van der Waals surface area contributed by atoms with Crippen molar-refractivity contribution in [3.05, 3.63) is 24.4 Å². The number of carbonyl (C=O) groups is 1. The minimum Gasteiger partial charge on any atom is -0.390 e. The van der Waals surface area contributed by atoms with E-state index in [1.807, 2.05) is 18.3 Å². The molecule has 7 heteroatoms. The molecule has 3 heterocycles. The molecule has 0 spiro atoms. The Morgan fingerprint density at radius 2 is 1.90 bits per heavy atom. The van der Waals surface area contributed by atoms with Gasteiger partial charge in [-0.3, -0.25) is 9.69 Å². The van der Waals surface area contributed by atoms with Crippen LogP contribution in [0.25, 0.3) is 0 Å². The van der Waals surface area contributed by atoms with E-state index in [9.17, 15) is 9.90 Å². The van der Waals surface area contributed by atoms with Gasteiger partial charge in [0.15, 0.2) is 6.10 Å². The maximum absolute atomic E-state index is 12.7. The van der Waals surface area contributed by atoms with Crippen LogP contribution >= 0.6 is 0 Å². The molecule has 1 aromatic heterocycles. The van der Waals surface area contributed by atoms with Gasteiger partial charge in [0, 0.05) is 45.0 Å². The summed E-state index contributed by atoms with van der Waals surface area (Å²) in [5.74, 6) is 0.927. The first-order chi connectivity index (χ1) is 14.7. The SMILES string of the molecule is O=C(NC1CCCCC1)[C@H]1O[C@H](CCN2CCN(c3ccccn3)CC2)CC[C@@H]1O. The third-order valence-electron chi connectivity index (χ3n) is 6.80. The highest BCUT2D eigenvalue weighted by Gasteiger charge is 2.36. The van der Waals surface area contributed by atoms with Crippen LogP contribution in [-0.2, 0) is 9.53 Å². The Labute approximate surface area is 179 Å². The molecule has 0 radical (unpaired) electrons. The van der Waals surface area contributed by atoms with E-state index in [0.29, 0.717) is 6.42 Å². The van der Waals surface area contributed by atoms with Crippen LogP contribution in [0.4, 0.5) is 5.82 Å². The molecule has 1 aromatic rings. The van der Waals surface area contributed by atoms with Gasteiger partial charge in [0.25, 0.3) is 5.91 Å². The molecule has 3 fully saturated rings. The molecule has 2 saturated heterocycles. The van der Waals surface area contributed by atoms with Gasteiger partial charge >= 0.3 is 0 Å². The Bertz CT molecular complexity index is 660. The molecule has 2 aliphatic heterocycles. The van der Waals surface area contributed by atoms with Gasteiger partial charge in [-0.25, -0.2) is 4.98 Å². The van der Waals surface area contributed by atoms with Crippen LogP contribution in [0, 0.1) is 0 Å². The standard InChI is InChI=1S/C23H36N4O3/c28-20-10-9-19(30-22(20)23(29)25-18-6-2-1-3-7-18)11-13-26-14-16-27(17-15-26)21-8-4-5-12-24-21/h4-5,8,12,18-20,22,28H,1-3,6-7,9-11,13-17H2,(H,25,29)/t19-,20-,22-/m0/s1. The number of ether oxygens (including phenoxy) is 1. The number of aliphatic hydroxyl groups excluding tert-OH is 1. The average Bonchev–Trinajstić information content (AvgIpc) is 2.80. The first-order valence-electron chi connectivity index (χ1n) is 11.7. The number of nitrogens with zero attached hydrogens (tertiary/aromatic N) is 3. The van der Waals surface area contributed by atoms with E-state index in [4.69, 9.17) is 4.74 Å². The lowest BCUT2D eigenvalue weighted by atomic mass is 9.94. The van der Waals surface area contributed by atoms with Crippen LogP contribution in [-0.4, -0.2) is 78.0 Å². The van der Waals surface area contributed by atoms with Crippen molar-refractivity contribution in [1.82, 2.24) is 15.2 Å².